The molecule has 1 amide bonds. The third kappa shape index (κ3) is 4.44. The van der Waals surface area contributed by atoms with E-state index in [4.69, 9.17) is 0 Å². The van der Waals surface area contributed by atoms with E-state index < -0.39 is 4.92 Å². The number of nitrogens with zero attached hydrogens (tertiary/aromatic N) is 3. The Morgan fingerprint density at radius 3 is 2.62 bits per heavy atom. The monoisotopic (exact) mass is 386 g/mol. The molecule has 132 valence electrons. The van der Waals surface area contributed by atoms with Crippen LogP contribution >= 0.6 is 23.1 Å². The van der Waals surface area contributed by atoms with Gasteiger partial charge in [0.2, 0.25) is 5.13 Å². The average Bonchev–Trinajstić information content (AvgIpc) is 3.08. The second-order valence-corrected chi connectivity index (χ2v) is 7.55. The second-order valence-electron chi connectivity index (χ2n) is 5.35. The van der Waals surface area contributed by atoms with Gasteiger partial charge in [-0.25, -0.2) is 0 Å². The number of hydrogen-bond donors (Lipinski definition) is 1. The molecule has 3 rings (SSSR count). The normalized spacial score (nSPS) is 10.5. The third-order valence-corrected chi connectivity index (χ3v) is 5.60. The second kappa shape index (κ2) is 8.07. The summed E-state index contributed by atoms with van der Waals surface area (Å²) in [6.45, 7) is 2.06. The van der Waals surface area contributed by atoms with Crippen LogP contribution in [0.4, 0.5) is 10.8 Å². The molecule has 1 aromatic heterocycles. The van der Waals surface area contributed by atoms with Crippen LogP contribution in [0.15, 0.2) is 52.9 Å². The Balaban J connectivity index is 1.60. The Labute approximate surface area is 157 Å². The molecule has 7 nitrogen and oxygen atoms in total. The number of aromatic nitrogens is 2. The van der Waals surface area contributed by atoms with Crippen molar-refractivity contribution in [2.24, 2.45) is 0 Å². The van der Waals surface area contributed by atoms with Gasteiger partial charge in [-0.05, 0) is 30.2 Å². The number of amides is 1. The van der Waals surface area contributed by atoms with Gasteiger partial charge in [0.1, 0.15) is 0 Å². The number of non-ortho nitro benzene ring substituents is 1. The number of thioether (sulfide) groups is 1. The molecule has 0 bridgehead atoms. The Kier molecular flexibility index (Phi) is 5.59. The van der Waals surface area contributed by atoms with Crippen molar-refractivity contribution in [3.05, 3.63) is 75.3 Å². The van der Waals surface area contributed by atoms with Gasteiger partial charge in [0, 0.05) is 23.4 Å². The van der Waals surface area contributed by atoms with Crippen molar-refractivity contribution in [2.75, 3.05) is 5.32 Å². The fourth-order valence-corrected chi connectivity index (χ4v) is 3.96. The Morgan fingerprint density at radius 2 is 1.92 bits per heavy atom. The summed E-state index contributed by atoms with van der Waals surface area (Å²) in [5.74, 6) is 0.393. The SMILES string of the molecule is Cc1ccccc1CSc1nnc(NC(=O)c2ccc([N+](=O)[O-])cc2)s1. The molecule has 0 saturated carbocycles. The number of nitro benzene ring substituents is 1. The summed E-state index contributed by atoms with van der Waals surface area (Å²) in [7, 11) is 0. The molecule has 0 aliphatic rings. The van der Waals surface area contributed by atoms with Crippen molar-refractivity contribution < 1.29 is 9.72 Å². The predicted molar refractivity (Wildman–Crippen MR) is 102 cm³/mol. The van der Waals surface area contributed by atoms with Gasteiger partial charge in [-0.15, -0.1) is 10.2 Å². The van der Waals surface area contributed by atoms with Gasteiger partial charge < -0.3 is 0 Å². The number of carbonyl (C=O) groups excluding carboxylic acids is 1. The fourth-order valence-electron chi connectivity index (χ4n) is 2.13. The van der Waals surface area contributed by atoms with Crippen molar-refractivity contribution in [2.45, 2.75) is 17.0 Å². The molecule has 0 aliphatic heterocycles. The number of nitro groups is 1. The number of carbonyl (C=O) groups is 1. The molecule has 26 heavy (non-hydrogen) atoms. The highest BCUT2D eigenvalue weighted by Crippen LogP contribution is 2.29. The lowest BCUT2D eigenvalue weighted by molar-refractivity contribution is -0.384. The van der Waals surface area contributed by atoms with Gasteiger partial charge in [0.15, 0.2) is 4.34 Å². The first-order valence-electron chi connectivity index (χ1n) is 7.59. The predicted octanol–water partition coefficient (Wildman–Crippen LogP) is 4.30. The van der Waals surface area contributed by atoms with E-state index in [-0.39, 0.29) is 11.6 Å². The number of rotatable bonds is 6. The van der Waals surface area contributed by atoms with Crippen LogP contribution < -0.4 is 5.32 Å². The zero-order chi connectivity index (χ0) is 18.5. The molecular weight excluding hydrogens is 372 g/mol. The van der Waals surface area contributed by atoms with E-state index in [2.05, 4.69) is 34.6 Å². The highest BCUT2D eigenvalue weighted by Gasteiger charge is 2.12. The molecule has 0 unspecified atom stereocenters. The zero-order valence-electron chi connectivity index (χ0n) is 13.7. The molecule has 0 radical (unpaired) electrons. The van der Waals surface area contributed by atoms with Gasteiger partial charge in [0.05, 0.1) is 4.92 Å². The number of hydrogen-bond acceptors (Lipinski definition) is 7. The van der Waals surface area contributed by atoms with Crippen molar-refractivity contribution in [3.63, 3.8) is 0 Å². The molecule has 2 aromatic carbocycles. The maximum Gasteiger partial charge on any atom is 0.269 e. The molecule has 0 fully saturated rings. The summed E-state index contributed by atoms with van der Waals surface area (Å²) in [6.07, 6.45) is 0. The van der Waals surface area contributed by atoms with E-state index in [0.29, 0.717) is 10.7 Å². The molecule has 9 heteroatoms. The van der Waals surface area contributed by atoms with Crippen molar-refractivity contribution >= 4 is 39.8 Å². The van der Waals surface area contributed by atoms with E-state index in [1.807, 2.05) is 12.1 Å². The molecule has 0 spiro atoms. The van der Waals surface area contributed by atoms with Gasteiger partial charge in [-0.2, -0.15) is 0 Å². The summed E-state index contributed by atoms with van der Waals surface area (Å²) in [5, 5.41) is 21.7. The largest absolute Gasteiger partial charge is 0.296 e. The lowest BCUT2D eigenvalue weighted by Gasteiger charge is -2.02. The Bertz CT molecular complexity index is 941. The molecule has 0 atom stereocenters. The van der Waals surface area contributed by atoms with E-state index in [1.54, 1.807) is 11.8 Å². The lowest BCUT2D eigenvalue weighted by atomic mass is 10.1. The van der Waals surface area contributed by atoms with Crippen LogP contribution in [0.2, 0.25) is 0 Å². The molecule has 1 heterocycles. The number of benzene rings is 2. The number of anilines is 1. The average molecular weight is 386 g/mol. The summed E-state index contributed by atoms with van der Waals surface area (Å²) < 4.78 is 0.757. The van der Waals surface area contributed by atoms with Crippen molar-refractivity contribution in [1.29, 1.82) is 0 Å². The van der Waals surface area contributed by atoms with E-state index in [9.17, 15) is 14.9 Å². The Hall–Kier alpha value is -2.78. The highest BCUT2D eigenvalue weighted by atomic mass is 32.2. The minimum absolute atomic E-state index is 0.0626. The van der Waals surface area contributed by atoms with Crippen LogP contribution in [-0.4, -0.2) is 21.0 Å². The first-order valence-corrected chi connectivity index (χ1v) is 9.40. The molecule has 3 aromatic rings. The van der Waals surface area contributed by atoms with E-state index in [0.717, 1.165) is 10.1 Å². The van der Waals surface area contributed by atoms with Crippen LogP contribution in [0, 0.1) is 17.0 Å². The summed E-state index contributed by atoms with van der Waals surface area (Å²) in [4.78, 5) is 22.3. The quantitative estimate of drug-likeness (QED) is 0.293. The van der Waals surface area contributed by atoms with Crippen LogP contribution in [0.3, 0.4) is 0 Å². The molecule has 1 N–H and O–H groups in total. The number of nitrogens with one attached hydrogen (secondary N) is 1. The van der Waals surface area contributed by atoms with Crippen LogP contribution in [0.25, 0.3) is 0 Å². The standard InChI is InChI=1S/C17H14N4O3S2/c1-11-4-2-3-5-13(11)10-25-17-20-19-16(26-17)18-15(22)12-6-8-14(9-7-12)21(23)24/h2-9H,10H2,1H3,(H,18,19,22). The maximum atomic E-state index is 12.2. The maximum absolute atomic E-state index is 12.2. The number of aryl methyl sites for hydroxylation is 1. The smallest absolute Gasteiger partial charge is 0.269 e. The minimum Gasteiger partial charge on any atom is -0.296 e. The molecule has 0 aliphatic carbocycles. The first-order chi connectivity index (χ1) is 12.5. The third-order valence-electron chi connectivity index (χ3n) is 3.58. The minimum atomic E-state index is -0.510. The van der Waals surface area contributed by atoms with E-state index >= 15 is 0 Å². The van der Waals surface area contributed by atoms with Gasteiger partial charge in [-0.1, -0.05) is 47.4 Å². The van der Waals surface area contributed by atoms with Crippen LogP contribution in [0.1, 0.15) is 21.5 Å². The Morgan fingerprint density at radius 1 is 1.19 bits per heavy atom. The molecule has 0 saturated heterocycles. The van der Waals surface area contributed by atoms with Gasteiger partial charge in [-0.3, -0.25) is 20.2 Å². The topological polar surface area (TPSA) is 98.0 Å². The zero-order valence-corrected chi connectivity index (χ0v) is 15.3. The molecular formula is C17H14N4O3S2. The summed E-state index contributed by atoms with van der Waals surface area (Å²) in [5.41, 5.74) is 2.70. The van der Waals surface area contributed by atoms with E-state index in [1.165, 1.54) is 46.7 Å². The summed E-state index contributed by atoms with van der Waals surface area (Å²) >= 11 is 2.84. The highest BCUT2D eigenvalue weighted by molar-refractivity contribution is 8.00. The summed E-state index contributed by atoms with van der Waals surface area (Å²) in [6, 6.07) is 13.5. The van der Waals surface area contributed by atoms with Gasteiger partial charge in [0.25, 0.3) is 11.6 Å². The van der Waals surface area contributed by atoms with Crippen molar-refractivity contribution in [1.82, 2.24) is 10.2 Å². The lowest BCUT2D eigenvalue weighted by Crippen LogP contribution is -2.11. The van der Waals surface area contributed by atoms with Crippen LogP contribution in [0.5, 0.6) is 0 Å². The first kappa shape index (κ1) is 18.0. The fraction of sp³-hybridized carbons (Fsp3) is 0.118. The van der Waals surface area contributed by atoms with Crippen molar-refractivity contribution in [3.8, 4) is 0 Å². The van der Waals surface area contributed by atoms with Gasteiger partial charge >= 0.3 is 0 Å². The van der Waals surface area contributed by atoms with Crippen LogP contribution in [-0.2, 0) is 5.75 Å².